The Hall–Kier alpha value is -1.06. The molecule has 4 heteroatoms. The van der Waals surface area contributed by atoms with Gasteiger partial charge in [-0.05, 0) is 25.0 Å². The molecular formula is C8H8F3N. The van der Waals surface area contributed by atoms with E-state index in [0.717, 1.165) is 6.20 Å². The zero-order valence-corrected chi connectivity index (χ0v) is 6.74. The van der Waals surface area contributed by atoms with Gasteiger partial charge in [0.25, 0.3) is 0 Å². The molecule has 0 radical (unpaired) electrons. The minimum atomic E-state index is -4.29. The summed E-state index contributed by atoms with van der Waals surface area (Å²) in [5.41, 5.74) is 0.157. The molecule has 0 aliphatic carbocycles. The Morgan fingerprint density at radius 3 is 2.17 bits per heavy atom. The number of nitrogens with zero attached hydrogens (tertiary/aromatic N) is 1. The van der Waals surface area contributed by atoms with Gasteiger partial charge in [0.1, 0.15) is 0 Å². The number of aromatic nitrogens is 1. The molecule has 0 saturated carbocycles. The number of rotatable bonds is 0. The fourth-order valence-electron chi connectivity index (χ4n) is 0.915. The lowest BCUT2D eigenvalue weighted by Crippen LogP contribution is -2.08. The molecule has 1 aromatic heterocycles. The lowest BCUT2D eigenvalue weighted by molar-refractivity contribution is -0.138. The first-order valence-corrected chi connectivity index (χ1v) is 3.41. The molecule has 0 N–H and O–H groups in total. The summed E-state index contributed by atoms with van der Waals surface area (Å²) in [5, 5.41) is 0. The predicted molar refractivity (Wildman–Crippen MR) is 38.7 cm³/mol. The van der Waals surface area contributed by atoms with Gasteiger partial charge < -0.3 is 0 Å². The van der Waals surface area contributed by atoms with Crippen molar-refractivity contribution < 1.29 is 13.2 Å². The highest BCUT2D eigenvalue weighted by Gasteiger charge is 2.32. The monoisotopic (exact) mass is 175 g/mol. The van der Waals surface area contributed by atoms with Crippen LogP contribution in [0.4, 0.5) is 13.2 Å². The highest BCUT2D eigenvalue weighted by molar-refractivity contribution is 5.31. The van der Waals surface area contributed by atoms with Gasteiger partial charge >= 0.3 is 6.18 Å². The van der Waals surface area contributed by atoms with Gasteiger partial charge in [0.05, 0.1) is 5.56 Å². The lowest BCUT2D eigenvalue weighted by Gasteiger charge is -2.10. The van der Waals surface area contributed by atoms with Crippen molar-refractivity contribution in [2.75, 3.05) is 0 Å². The Morgan fingerprint density at radius 1 is 1.17 bits per heavy atom. The van der Waals surface area contributed by atoms with E-state index >= 15 is 0 Å². The summed E-state index contributed by atoms with van der Waals surface area (Å²) >= 11 is 0. The summed E-state index contributed by atoms with van der Waals surface area (Å²) in [6, 6.07) is 0. The number of hydrogen-bond donors (Lipinski definition) is 0. The molecule has 12 heavy (non-hydrogen) atoms. The van der Waals surface area contributed by atoms with Crippen LogP contribution in [0, 0.1) is 13.8 Å². The molecule has 1 nitrogen and oxygen atoms in total. The lowest BCUT2D eigenvalue weighted by atomic mass is 10.1. The van der Waals surface area contributed by atoms with E-state index in [1.807, 2.05) is 0 Å². The average Bonchev–Trinajstić information content (AvgIpc) is 1.92. The van der Waals surface area contributed by atoms with E-state index in [4.69, 9.17) is 0 Å². The smallest absolute Gasteiger partial charge is 0.264 e. The third-order valence-electron chi connectivity index (χ3n) is 1.77. The molecule has 1 rings (SSSR count). The Morgan fingerprint density at radius 2 is 1.75 bits per heavy atom. The zero-order valence-electron chi connectivity index (χ0n) is 6.74. The van der Waals surface area contributed by atoms with Crippen LogP contribution in [-0.2, 0) is 6.18 Å². The molecule has 0 atom stereocenters. The molecule has 1 heterocycles. The van der Waals surface area contributed by atoms with Crippen LogP contribution in [0.5, 0.6) is 0 Å². The SMILES string of the molecule is Cc1cncc(C(F)(F)F)c1C. The molecule has 0 aliphatic rings. The topological polar surface area (TPSA) is 12.9 Å². The first kappa shape index (κ1) is 9.03. The molecule has 66 valence electrons. The number of pyridine rings is 1. The zero-order chi connectivity index (χ0) is 9.35. The van der Waals surface area contributed by atoms with E-state index in [1.165, 1.54) is 13.1 Å². The minimum Gasteiger partial charge on any atom is -0.264 e. The Balaban J connectivity index is 3.26. The van der Waals surface area contributed by atoms with Crippen molar-refractivity contribution >= 4 is 0 Å². The second kappa shape index (κ2) is 2.77. The fraction of sp³-hybridized carbons (Fsp3) is 0.375. The van der Waals surface area contributed by atoms with Crippen LogP contribution in [0.15, 0.2) is 12.4 Å². The maximum atomic E-state index is 12.2. The summed E-state index contributed by atoms with van der Waals surface area (Å²) in [5.74, 6) is 0. The number of aryl methyl sites for hydroxylation is 1. The Kier molecular flexibility index (Phi) is 2.08. The Labute approximate surface area is 68.2 Å². The second-order valence-corrected chi connectivity index (χ2v) is 2.63. The van der Waals surface area contributed by atoms with Gasteiger partial charge in [0.2, 0.25) is 0 Å². The fourth-order valence-corrected chi connectivity index (χ4v) is 0.915. The van der Waals surface area contributed by atoms with Crippen LogP contribution in [0.1, 0.15) is 16.7 Å². The number of alkyl halides is 3. The summed E-state index contributed by atoms with van der Waals surface area (Å²) in [6.45, 7) is 3.05. The summed E-state index contributed by atoms with van der Waals surface area (Å²) < 4.78 is 36.6. The first-order chi connectivity index (χ1) is 5.43. The van der Waals surface area contributed by atoms with Crippen LogP contribution < -0.4 is 0 Å². The standard InChI is InChI=1S/C8H8F3N/c1-5-3-12-4-7(6(5)2)8(9,10)11/h3-4H,1-2H3. The van der Waals surface area contributed by atoms with Crippen molar-refractivity contribution in [1.82, 2.24) is 4.98 Å². The highest BCUT2D eigenvalue weighted by atomic mass is 19.4. The third kappa shape index (κ3) is 1.57. The van der Waals surface area contributed by atoms with Crippen LogP contribution in [0.3, 0.4) is 0 Å². The van der Waals surface area contributed by atoms with Crippen LogP contribution in [-0.4, -0.2) is 4.98 Å². The van der Waals surface area contributed by atoms with Crippen LogP contribution in [0.2, 0.25) is 0 Å². The summed E-state index contributed by atoms with van der Waals surface area (Å²) in [6.07, 6.45) is -2.02. The molecule has 0 aromatic carbocycles. The quantitative estimate of drug-likeness (QED) is 0.590. The van der Waals surface area contributed by atoms with Gasteiger partial charge in [-0.1, -0.05) is 0 Å². The van der Waals surface area contributed by atoms with E-state index in [0.29, 0.717) is 5.56 Å². The first-order valence-electron chi connectivity index (χ1n) is 3.41. The molecule has 0 bridgehead atoms. The van der Waals surface area contributed by atoms with Crippen molar-refractivity contribution in [2.24, 2.45) is 0 Å². The molecular weight excluding hydrogens is 167 g/mol. The molecule has 0 saturated heterocycles. The highest BCUT2D eigenvalue weighted by Crippen LogP contribution is 2.31. The van der Waals surface area contributed by atoms with Gasteiger partial charge in [0.15, 0.2) is 0 Å². The molecule has 0 unspecified atom stereocenters. The third-order valence-corrected chi connectivity index (χ3v) is 1.77. The van der Waals surface area contributed by atoms with Crippen LogP contribution in [0.25, 0.3) is 0 Å². The largest absolute Gasteiger partial charge is 0.418 e. The minimum absolute atomic E-state index is 0.248. The van der Waals surface area contributed by atoms with E-state index in [1.54, 1.807) is 6.92 Å². The van der Waals surface area contributed by atoms with Gasteiger partial charge in [-0.2, -0.15) is 13.2 Å². The van der Waals surface area contributed by atoms with E-state index in [2.05, 4.69) is 4.98 Å². The van der Waals surface area contributed by atoms with Gasteiger partial charge in [0, 0.05) is 12.4 Å². The normalized spacial score (nSPS) is 11.8. The molecule has 0 fully saturated rings. The van der Waals surface area contributed by atoms with Crippen molar-refractivity contribution in [1.29, 1.82) is 0 Å². The second-order valence-electron chi connectivity index (χ2n) is 2.63. The average molecular weight is 175 g/mol. The van der Waals surface area contributed by atoms with E-state index < -0.39 is 11.7 Å². The number of halogens is 3. The van der Waals surface area contributed by atoms with Crippen molar-refractivity contribution in [3.63, 3.8) is 0 Å². The molecule has 0 aliphatic heterocycles. The molecule has 1 aromatic rings. The van der Waals surface area contributed by atoms with Gasteiger partial charge in [-0.3, -0.25) is 4.98 Å². The molecule has 0 spiro atoms. The van der Waals surface area contributed by atoms with Crippen molar-refractivity contribution in [2.45, 2.75) is 20.0 Å². The summed E-state index contributed by atoms with van der Waals surface area (Å²) in [7, 11) is 0. The van der Waals surface area contributed by atoms with E-state index in [-0.39, 0.29) is 5.56 Å². The molecule has 0 amide bonds. The summed E-state index contributed by atoms with van der Waals surface area (Å²) in [4.78, 5) is 3.49. The predicted octanol–water partition coefficient (Wildman–Crippen LogP) is 2.72. The van der Waals surface area contributed by atoms with Crippen molar-refractivity contribution in [3.8, 4) is 0 Å². The maximum Gasteiger partial charge on any atom is 0.418 e. The van der Waals surface area contributed by atoms with Crippen LogP contribution >= 0.6 is 0 Å². The van der Waals surface area contributed by atoms with E-state index in [9.17, 15) is 13.2 Å². The number of hydrogen-bond acceptors (Lipinski definition) is 1. The van der Waals surface area contributed by atoms with Crippen molar-refractivity contribution in [3.05, 3.63) is 29.1 Å². The maximum absolute atomic E-state index is 12.2. The van der Waals surface area contributed by atoms with Gasteiger partial charge in [-0.25, -0.2) is 0 Å². The Bertz CT molecular complexity index is 291. The van der Waals surface area contributed by atoms with Gasteiger partial charge in [-0.15, -0.1) is 0 Å².